The van der Waals surface area contributed by atoms with E-state index in [9.17, 15) is 9.18 Å². The number of nitrogens with zero attached hydrogens (tertiary/aromatic N) is 4. The molecule has 0 spiro atoms. The molecule has 186 valence electrons. The minimum Gasteiger partial charge on any atom is -0.344 e. The summed E-state index contributed by atoms with van der Waals surface area (Å²) in [7, 11) is 0. The minimum absolute atomic E-state index is 0.0199. The molecule has 2 aliphatic carbocycles. The van der Waals surface area contributed by atoms with Crippen molar-refractivity contribution < 1.29 is 9.18 Å². The van der Waals surface area contributed by atoms with Crippen molar-refractivity contribution in [2.75, 3.05) is 0 Å². The monoisotopic (exact) mass is 493 g/mol. The van der Waals surface area contributed by atoms with Crippen molar-refractivity contribution in [2.24, 2.45) is 11.3 Å². The van der Waals surface area contributed by atoms with Gasteiger partial charge in [-0.15, -0.1) is 0 Å². The Morgan fingerprint density at radius 3 is 2.70 bits per heavy atom. The van der Waals surface area contributed by atoms with Crippen molar-refractivity contribution in [3.63, 3.8) is 0 Å². The second-order valence-electron chi connectivity index (χ2n) is 10.2. The fourth-order valence-electron chi connectivity index (χ4n) is 6.00. The third-order valence-corrected chi connectivity index (χ3v) is 8.05. The lowest BCUT2D eigenvalue weighted by atomic mass is 9.68. The summed E-state index contributed by atoms with van der Waals surface area (Å²) in [5, 5.41) is 7.87. The van der Waals surface area contributed by atoms with Crippen LogP contribution in [-0.2, 0) is 6.42 Å². The normalized spacial score (nSPS) is 21.0. The maximum absolute atomic E-state index is 13.5. The Hall–Kier alpha value is -4.13. The Bertz CT molecular complexity index is 1450. The maximum atomic E-state index is 13.5. The van der Waals surface area contributed by atoms with E-state index in [1.54, 1.807) is 18.3 Å². The lowest BCUT2D eigenvalue weighted by molar-refractivity contribution is 0.0918. The van der Waals surface area contributed by atoms with Gasteiger partial charge in [-0.3, -0.25) is 9.78 Å². The summed E-state index contributed by atoms with van der Waals surface area (Å²) >= 11 is 0. The highest BCUT2D eigenvalue weighted by atomic mass is 19.1. The molecular formula is C30H28FN5O. The highest BCUT2D eigenvalue weighted by molar-refractivity contribution is 5.92. The van der Waals surface area contributed by atoms with Crippen LogP contribution in [0.25, 0.3) is 11.8 Å². The Kier molecular flexibility index (Phi) is 5.91. The lowest BCUT2D eigenvalue weighted by Crippen LogP contribution is -2.35. The fourth-order valence-corrected chi connectivity index (χ4v) is 6.00. The van der Waals surface area contributed by atoms with Crippen LogP contribution in [0.3, 0.4) is 0 Å². The zero-order chi connectivity index (χ0) is 25.4. The molecular weight excluding hydrogens is 465 g/mol. The Morgan fingerprint density at radius 1 is 1.14 bits per heavy atom. The van der Waals surface area contributed by atoms with Gasteiger partial charge in [0.1, 0.15) is 11.5 Å². The van der Waals surface area contributed by atoms with Gasteiger partial charge < -0.3 is 5.32 Å². The molecule has 0 saturated heterocycles. The number of carbonyl (C=O) groups is 1. The standard InChI is InChI=1S/C30H28FN5O/c1-30-17-21-18-34-36(25-11-9-24(31)10-12-25)28(21)16-23(30)8-7-22(30)15-26(20-5-3-2-4-6-20)35-29(37)27-19-32-13-14-33-27/h2-6,9-14,16,18-19,22,26H,7-8,15,17H2,1H3,(H,35,37)/t22-,26?,30-/m1/s1. The summed E-state index contributed by atoms with van der Waals surface area (Å²) in [5.41, 5.74) is 5.93. The predicted molar refractivity (Wildman–Crippen MR) is 139 cm³/mol. The largest absolute Gasteiger partial charge is 0.344 e. The van der Waals surface area contributed by atoms with Gasteiger partial charge in [0, 0.05) is 12.4 Å². The van der Waals surface area contributed by atoms with E-state index in [0.717, 1.165) is 42.6 Å². The molecule has 0 bridgehead atoms. The second kappa shape index (κ2) is 9.39. The number of hydrogen-bond acceptors (Lipinski definition) is 4. The summed E-state index contributed by atoms with van der Waals surface area (Å²) < 4.78 is 15.4. The first kappa shape index (κ1) is 23.3. The molecule has 37 heavy (non-hydrogen) atoms. The third-order valence-electron chi connectivity index (χ3n) is 8.05. The number of allylic oxidation sites excluding steroid dienone is 1. The van der Waals surface area contributed by atoms with Crippen LogP contribution in [0.15, 0.2) is 85.0 Å². The van der Waals surface area contributed by atoms with Gasteiger partial charge in [-0.1, -0.05) is 42.8 Å². The molecule has 4 aromatic rings. The smallest absolute Gasteiger partial charge is 0.271 e. The van der Waals surface area contributed by atoms with Crippen LogP contribution < -0.4 is 5.32 Å². The fraction of sp³-hybridized carbons (Fsp3) is 0.267. The lowest BCUT2D eigenvalue weighted by Gasteiger charge is -2.37. The maximum Gasteiger partial charge on any atom is 0.271 e. The molecule has 6 rings (SSSR count). The van der Waals surface area contributed by atoms with Crippen LogP contribution in [0.5, 0.6) is 0 Å². The average molecular weight is 494 g/mol. The number of nitrogens with one attached hydrogen (secondary N) is 1. The van der Waals surface area contributed by atoms with E-state index in [2.05, 4.69) is 45.5 Å². The van der Waals surface area contributed by atoms with E-state index >= 15 is 0 Å². The van der Waals surface area contributed by atoms with Gasteiger partial charge in [0.05, 0.1) is 29.8 Å². The van der Waals surface area contributed by atoms with E-state index in [0.29, 0.717) is 11.6 Å². The van der Waals surface area contributed by atoms with Crippen molar-refractivity contribution in [3.05, 3.63) is 113 Å². The molecule has 1 N–H and O–H groups in total. The van der Waals surface area contributed by atoms with E-state index in [1.807, 2.05) is 29.1 Å². The van der Waals surface area contributed by atoms with Crippen LogP contribution in [0, 0.1) is 17.2 Å². The number of benzene rings is 2. The number of halogens is 1. The topological polar surface area (TPSA) is 72.7 Å². The quantitative estimate of drug-likeness (QED) is 0.373. The summed E-state index contributed by atoms with van der Waals surface area (Å²) in [6.45, 7) is 2.35. The first-order valence-corrected chi connectivity index (χ1v) is 12.7. The molecule has 6 nitrogen and oxygen atoms in total. The van der Waals surface area contributed by atoms with Gasteiger partial charge in [0.15, 0.2) is 0 Å². The highest BCUT2D eigenvalue weighted by Crippen LogP contribution is 2.55. The number of aromatic nitrogens is 4. The first-order chi connectivity index (χ1) is 18.0. The number of amides is 1. The molecule has 0 radical (unpaired) electrons. The number of rotatable bonds is 6. The van der Waals surface area contributed by atoms with Crippen LogP contribution in [-0.4, -0.2) is 25.7 Å². The van der Waals surface area contributed by atoms with Crippen molar-refractivity contribution in [1.29, 1.82) is 0 Å². The molecule has 1 saturated carbocycles. The van der Waals surface area contributed by atoms with Crippen LogP contribution in [0.2, 0.25) is 0 Å². The van der Waals surface area contributed by atoms with Gasteiger partial charge in [-0.05, 0) is 78.5 Å². The number of hydrogen-bond donors (Lipinski definition) is 1. The molecule has 2 aliphatic rings. The molecule has 3 atom stereocenters. The van der Waals surface area contributed by atoms with Crippen LogP contribution in [0.1, 0.15) is 59.5 Å². The molecule has 1 amide bonds. The molecule has 0 aliphatic heterocycles. The Labute approximate surface area is 215 Å². The summed E-state index contributed by atoms with van der Waals surface area (Å²) in [6.07, 6.45) is 12.6. The highest BCUT2D eigenvalue weighted by Gasteiger charge is 2.46. The van der Waals surface area contributed by atoms with Crippen molar-refractivity contribution in [1.82, 2.24) is 25.1 Å². The number of fused-ring (bicyclic) bond motifs is 2. The van der Waals surface area contributed by atoms with Crippen molar-refractivity contribution >= 4 is 12.0 Å². The van der Waals surface area contributed by atoms with E-state index < -0.39 is 0 Å². The predicted octanol–water partition coefficient (Wildman–Crippen LogP) is 5.72. The summed E-state index contributed by atoms with van der Waals surface area (Å²) in [6, 6.07) is 16.5. The molecule has 1 fully saturated rings. The summed E-state index contributed by atoms with van der Waals surface area (Å²) in [5.74, 6) is -0.0884. The zero-order valence-electron chi connectivity index (χ0n) is 20.6. The molecule has 2 aromatic heterocycles. The van der Waals surface area contributed by atoms with Gasteiger partial charge in [0.25, 0.3) is 5.91 Å². The van der Waals surface area contributed by atoms with Crippen LogP contribution >= 0.6 is 0 Å². The van der Waals surface area contributed by atoms with Crippen molar-refractivity contribution in [3.8, 4) is 5.69 Å². The zero-order valence-corrected chi connectivity index (χ0v) is 20.6. The molecule has 7 heteroatoms. The van der Waals surface area contributed by atoms with Gasteiger partial charge in [-0.2, -0.15) is 5.10 Å². The second-order valence-corrected chi connectivity index (χ2v) is 10.2. The minimum atomic E-state index is -0.256. The third kappa shape index (κ3) is 4.35. The Morgan fingerprint density at radius 2 is 1.95 bits per heavy atom. The molecule has 2 aromatic carbocycles. The van der Waals surface area contributed by atoms with Crippen molar-refractivity contribution in [2.45, 2.75) is 38.6 Å². The van der Waals surface area contributed by atoms with Gasteiger partial charge >= 0.3 is 0 Å². The first-order valence-electron chi connectivity index (χ1n) is 12.7. The SMILES string of the molecule is C[C@]12Cc3cnn(-c4ccc(F)cc4)c3C=C1CC[C@@H]2CC(NC(=O)c1cnccn1)c1ccccc1. The van der Waals surface area contributed by atoms with Gasteiger partial charge in [0.2, 0.25) is 0 Å². The van der Waals surface area contributed by atoms with E-state index in [-0.39, 0.29) is 23.2 Å². The average Bonchev–Trinajstić information content (AvgIpc) is 3.47. The summed E-state index contributed by atoms with van der Waals surface area (Å²) in [4.78, 5) is 21.3. The molecule has 1 unspecified atom stereocenters. The molecule has 2 heterocycles. The van der Waals surface area contributed by atoms with E-state index in [4.69, 9.17) is 0 Å². The van der Waals surface area contributed by atoms with Gasteiger partial charge in [-0.25, -0.2) is 14.1 Å². The van der Waals surface area contributed by atoms with E-state index in [1.165, 1.54) is 35.7 Å². The van der Waals surface area contributed by atoms with Crippen LogP contribution in [0.4, 0.5) is 4.39 Å². The Balaban J connectivity index is 1.27. The number of carbonyl (C=O) groups excluding carboxylic acids is 1.